The summed E-state index contributed by atoms with van der Waals surface area (Å²) in [7, 11) is 0.381. The second-order valence-corrected chi connectivity index (χ2v) is 20.9. The number of benzene rings is 1. The number of hydrogen-bond acceptors (Lipinski definition) is 13. The topological polar surface area (TPSA) is 205 Å². The van der Waals surface area contributed by atoms with Gasteiger partial charge in [-0.25, -0.2) is 14.8 Å². The summed E-state index contributed by atoms with van der Waals surface area (Å²) in [6.45, 7) is 13.1. The molecule has 0 spiro atoms. The summed E-state index contributed by atoms with van der Waals surface area (Å²) in [5.74, 6) is -0.232. The van der Waals surface area contributed by atoms with Gasteiger partial charge in [0.1, 0.15) is 53.0 Å². The number of aliphatic hydroxyl groups is 1. The molecule has 326 valence electrons. The summed E-state index contributed by atoms with van der Waals surface area (Å²) in [6, 6.07) is 5.04. The van der Waals surface area contributed by atoms with E-state index in [1.54, 1.807) is 39.4 Å². The number of aliphatic hydroxyl groups excluding tert-OH is 1. The maximum atomic E-state index is 14.8. The normalized spacial score (nSPS) is 22.6. The van der Waals surface area contributed by atoms with Gasteiger partial charge in [0.2, 0.25) is 19.2 Å². The maximum absolute atomic E-state index is 14.8. The number of alkyl carbamates (subject to hydrolysis) is 1. The first-order valence-corrected chi connectivity index (χ1v) is 23.0. The highest BCUT2D eigenvalue weighted by Crippen LogP contribution is 2.68. The third kappa shape index (κ3) is 9.83. The quantitative estimate of drug-likeness (QED) is 0.0708. The van der Waals surface area contributed by atoms with Crippen molar-refractivity contribution in [3.8, 4) is 22.9 Å². The molecule has 2 saturated carbocycles. The van der Waals surface area contributed by atoms with Crippen molar-refractivity contribution >= 4 is 52.6 Å². The van der Waals surface area contributed by atoms with E-state index in [1.807, 2.05) is 46.1 Å². The van der Waals surface area contributed by atoms with Gasteiger partial charge in [0.15, 0.2) is 5.13 Å². The van der Waals surface area contributed by atoms with Gasteiger partial charge in [0.05, 0.1) is 31.0 Å². The molecule has 3 heterocycles. The van der Waals surface area contributed by atoms with Crippen LogP contribution in [0.5, 0.6) is 11.5 Å². The Morgan fingerprint density at radius 3 is 2.47 bits per heavy atom. The lowest BCUT2D eigenvalue weighted by atomic mass is 9.85. The molecule has 1 aliphatic heterocycles. The lowest BCUT2D eigenvalue weighted by molar-refractivity contribution is -0.142. The van der Waals surface area contributed by atoms with Crippen LogP contribution in [-0.4, -0.2) is 123 Å². The van der Waals surface area contributed by atoms with Crippen LogP contribution in [0.25, 0.3) is 22.3 Å². The molecule has 0 radical (unpaired) electrons. The number of pyridine rings is 1. The zero-order valence-corrected chi connectivity index (χ0v) is 37.3. The van der Waals surface area contributed by atoms with Crippen LogP contribution < -0.4 is 25.4 Å². The first-order valence-electron chi connectivity index (χ1n) is 20.3. The van der Waals surface area contributed by atoms with Crippen molar-refractivity contribution in [1.82, 2.24) is 30.4 Å². The Bertz CT molecular complexity index is 2200. The first-order chi connectivity index (χ1) is 28.2. The average molecular weight is 868 g/mol. The molecule has 1 saturated heterocycles. The molecule has 4 unspecified atom stereocenters. The van der Waals surface area contributed by atoms with Crippen molar-refractivity contribution < 1.29 is 43.2 Å². The molecule has 6 atom stereocenters. The van der Waals surface area contributed by atoms with Crippen LogP contribution in [0.2, 0.25) is 0 Å². The SMILES string of the molecule is C=C=C1C[C@]1(NC(=O)[C@@H]1CC(Oc2cc(-c3csc(NC(C)C)n3)nc3cc(OC)ccc23)CN1C(=O)C(NC(=O)OC1CCCC1)C(C)(C)C)P(=O)(O)CC(O)N(C)C. The van der Waals surface area contributed by atoms with E-state index in [4.69, 9.17) is 24.2 Å². The van der Waals surface area contributed by atoms with Crippen LogP contribution in [0.1, 0.15) is 73.1 Å². The zero-order chi connectivity index (χ0) is 43.7. The number of methoxy groups -OCH3 is 1. The number of nitrogens with zero attached hydrogens (tertiary/aromatic N) is 4. The predicted molar refractivity (Wildman–Crippen MR) is 230 cm³/mol. The van der Waals surface area contributed by atoms with Crippen molar-refractivity contribution in [2.75, 3.05) is 39.2 Å². The molecule has 2 aliphatic carbocycles. The number of likely N-dealkylation sites (tertiary alicyclic amines) is 1. The number of thiazole rings is 1. The van der Waals surface area contributed by atoms with Crippen molar-refractivity contribution in [1.29, 1.82) is 0 Å². The summed E-state index contributed by atoms with van der Waals surface area (Å²) >= 11 is 1.45. The Labute approximate surface area is 355 Å². The maximum Gasteiger partial charge on any atom is 0.408 e. The van der Waals surface area contributed by atoms with Crippen molar-refractivity contribution in [2.24, 2.45) is 5.41 Å². The molecule has 60 heavy (non-hydrogen) atoms. The Balaban J connectivity index is 1.35. The van der Waals surface area contributed by atoms with E-state index in [9.17, 15) is 28.9 Å². The lowest BCUT2D eigenvalue weighted by Gasteiger charge is -2.36. The van der Waals surface area contributed by atoms with Crippen molar-refractivity contribution in [2.45, 2.75) is 115 Å². The third-order valence-electron chi connectivity index (χ3n) is 11.2. The fraction of sp³-hybridized carbons (Fsp3) is 0.571. The number of nitrogens with one attached hydrogen (secondary N) is 3. The number of aromatic nitrogens is 2. The van der Waals surface area contributed by atoms with Gasteiger partial charge < -0.3 is 45.1 Å². The fourth-order valence-electron chi connectivity index (χ4n) is 7.70. The lowest BCUT2D eigenvalue weighted by Crippen LogP contribution is -2.58. The van der Waals surface area contributed by atoms with Crippen LogP contribution in [0.15, 0.2) is 47.5 Å². The molecule has 0 bridgehead atoms. The molecule has 2 aromatic heterocycles. The summed E-state index contributed by atoms with van der Waals surface area (Å²) in [5.41, 5.74) is 3.92. The first kappa shape index (κ1) is 45.0. The van der Waals surface area contributed by atoms with Crippen LogP contribution in [0.3, 0.4) is 0 Å². The number of anilines is 1. The predicted octanol–water partition coefficient (Wildman–Crippen LogP) is 5.70. The van der Waals surface area contributed by atoms with Crippen molar-refractivity contribution in [3.05, 3.63) is 47.5 Å². The van der Waals surface area contributed by atoms with Gasteiger partial charge in [-0.3, -0.25) is 19.1 Å². The monoisotopic (exact) mass is 867 g/mol. The van der Waals surface area contributed by atoms with Gasteiger partial charge in [0.25, 0.3) is 0 Å². The minimum atomic E-state index is -4.33. The largest absolute Gasteiger partial charge is 0.497 e. The number of rotatable bonds is 15. The third-order valence-corrected chi connectivity index (χ3v) is 14.5. The number of hydrogen-bond donors (Lipinski definition) is 5. The van der Waals surface area contributed by atoms with E-state index in [-0.39, 0.29) is 31.5 Å². The van der Waals surface area contributed by atoms with E-state index in [2.05, 4.69) is 28.3 Å². The molecule has 1 aromatic carbocycles. The van der Waals surface area contributed by atoms with Crippen LogP contribution >= 0.6 is 18.7 Å². The molecular weight excluding hydrogens is 810 g/mol. The Hall–Kier alpha value is -4.50. The summed E-state index contributed by atoms with van der Waals surface area (Å²) in [6.07, 6.45) is -0.137. The molecule has 5 N–H and O–H groups in total. The Morgan fingerprint density at radius 2 is 1.85 bits per heavy atom. The molecular formula is C42H58N7O9PS. The molecule has 16 nitrogen and oxygen atoms in total. The second kappa shape index (κ2) is 17.8. The molecule has 3 fully saturated rings. The highest BCUT2D eigenvalue weighted by molar-refractivity contribution is 7.60. The minimum absolute atomic E-state index is 0.00376. The Morgan fingerprint density at radius 1 is 1.13 bits per heavy atom. The average Bonchev–Trinajstić information content (AvgIpc) is 3.57. The number of ether oxygens (including phenoxy) is 3. The van der Waals surface area contributed by atoms with Crippen LogP contribution in [0, 0.1) is 5.41 Å². The Kier molecular flexibility index (Phi) is 13.4. The molecule has 3 aromatic rings. The summed E-state index contributed by atoms with van der Waals surface area (Å²) < 4.78 is 31.9. The van der Waals surface area contributed by atoms with Gasteiger partial charge in [-0.15, -0.1) is 17.1 Å². The van der Waals surface area contributed by atoms with Crippen LogP contribution in [0.4, 0.5) is 9.93 Å². The summed E-state index contributed by atoms with van der Waals surface area (Å²) in [4.78, 5) is 66.5. The van der Waals surface area contributed by atoms with E-state index >= 15 is 0 Å². The number of carbonyl (C=O) groups excluding carboxylic acids is 3. The minimum Gasteiger partial charge on any atom is -0.497 e. The number of amides is 3. The molecule has 3 amide bonds. The molecule has 6 rings (SSSR count). The highest BCUT2D eigenvalue weighted by atomic mass is 32.1. The van der Waals surface area contributed by atoms with E-state index in [0.29, 0.717) is 39.4 Å². The van der Waals surface area contributed by atoms with Gasteiger partial charge >= 0.3 is 6.09 Å². The van der Waals surface area contributed by atoms with Crippen molar-refractivity contribution in [3.63, 3.8) is 0 Å². The van der Waals surface area contributed by atoms with Gasteiger partial charge in [-0.2, -0.15) is 0 Å². The summed E-state index contributed by atoms with van der Waals surface area (Å²) in [5, 5.41) is 21.1. The highest BCUT2D eigenvalue weighted by Gasteiger charge is 2.64. The van der Waals surface area contributed by atoms with E-state index in [1.165, 1.54) is 21.1 Å². The molecule has 18 heteroatoms. The zero-order valence-electron chi connectivity index (χ0n) is 35.6. The second-order valence-electron chi connectivity index (χ2n) is 17.5. The van der Waals surface area contributed by atoms with Gasteiger partial charge in [-0.05, 0) is 71.2 Å². The fourth-order valence-corrected chi connectivity index (χ4v) is 10.8. The van der Waals surface area contributed by atoms with Gasteiger partial charge in [-0.1, -0.05) is 27.4 Å². The number of fused-ring (bicyclic) bond motifs is 1. The van der Waals surface area contributed by atoms with E-state index in [0.717, 1.165) is 30.8 Å². The smallest absolute Gasteiger partial charge is 0.408 e. The van der Waals surface area contributed by atoms with E-state index < -0.39 is 66.5 Å². The van der Waals surface area contributed by atoms with Gasteiger partial charge in [0, 0.05) is 47.4 Å². The van der Waals surface area contributed by atoms with Crippen LogP contribution in [-0.2, 0) is 18.9 Å². The molecule has 3 aliphatic rings. The number of carbonyl (C=O) groups is 3. The standard InChI is InChI=1S/C42H58N7O9PS/c1-10-25-20-42(25,59(54,55)22-35(50)48(7)8)47-37(51)33-18-28(21-49(33)38(52)36(41(4,5)6)46-40(53)58-26-13-11-12-14-26)57-34-19-31(32-23-60-39(45-32)43-24(2)3)44-30-17-27(56-9)15-16-29(30)34/h15-17,19,23-24,26,28,33,35-36,50H,1,11-14,18,20-22H2,2-9H3,(H,43,45)(H,46,53)(H,47,51)(H,54,55)/t28?,33-,35?,36?,42-/m0/s1.